The van der Waals surface area contributed by atoms with Crippen LogP contribution < -0.4 is 10.5 Å². The molecule has 2 heterocycles. The van der Waals surface area contributed by atoms with Crippen molar-refractivity contribution in [1.29, 1.82) is 0 Å². The van der Waals surface area contributed by atoms with Gasteiger partial charge in [-0.15, -0.1) is 0 Å². The van der Waals surface area contributed by atoms with Crippen molar-refractivity contribution in [2.24, 2.45) is 5.73 Å². The van der Waals surface area contributed by atoms with Gasteiger partial charge >= 0.3 is 6.18 Å². The van der Waals surface area contributed by atoms with Crippen LogP contribution in [0.25, 0.3) is 11.4 Å². The summed E-state index contributed by atoms with van der Waals surface area (Å²) in [6.07, 6.45) is -5.14. The molecule has 0 aliphatic heterocycles. The van der Waals surface area contributed by atoms with Crippen LogP contribution in [0.2, 0.25) is 0 Å². The van der Waals surface area contributed by atoms with Crippen LogP contribution in [0.3, 0.4) is 0 Å². The smallest absolute Gasteiger partial charge is 0.417 e. The molecule has 0 radical (unpaired) electrons. The summed E-state index contributed by atoms with van der Waals surface area (Å²) in [5, 5.41) is 18.9. The molecule has 0 aliphatic rings. The molecule has 1 amide bonds. The summed E-state index contributed by atoms with van der Waals surface area (Å²) in [4.78, 5) is 23.2. The number of carbonyl (C=O) groups is 1. The first-order valence-corrected chi connectivity index (χ1v) is 8.46. The van der Waals surface area contributed by atoms with E-state index in [0.717, 1.165) is 12.1 Å². The lowest BCUT2D eigenvalue weighted by molar-refractivity contribution is -0.137. The van der Waals surface area contributed by atoms with Crippen molar-refractivity contribution in [3.63, 3.8) is 0 Å². The number of nitrogens with zero attached hydrogens (tertiary/aromatic N) is 3. The van der Waals surface area contributed by atoms with E-state index in [1.807, 2.05) is 0 Å². The van der Waals surface area contributed by atoms with Crippen molar-refractivity contribution in [3.05, 3.63) is 65.6 Å². The SMILES string of the molecule is NC(=O)c1cc(C(O)CO)nc(-c2ccc(Oc3ccc(C(F)(F)F)cn3)cc2)n1. The molecule has 0 saturated heterocycles. The molecule has 156 valence electrons. The minimum atomic E-state index is -4.49. The predicted octanol–water partition coefficient (Wildman–Crippen LogP) is 2.47. The molecule has 0 bridgehead atoms. The average molecular weight is 420 g/mol. The molecule has 30 heavy (non-hydrogen) atoms. The molecule has 8 nitrogen and oxygen atoms in total. The Kier molecular flexibility index (Phi) is 5.94. The molecule has 0 aliphatic carbocycles. The number of benzene rings is 1. The molecule has 4 N–H and O–H groups in total. The highest BCUT2D eigenvalue weighted by molar-refractivity contribution is 5.91. The zero-order valence-electron chi connectivity index (χ0n) is 15.2. The third-order valence-corrected chi connectivity index (χ3v) is 3.91. The van der Waals surface area contributed by atoms with Gasteiger partial charge < -0.3 is 20.7 Å². The summed E-state index contributed by atoms with van der Waals surface area (Å²) in [6, 6.07) is 9.20. The fourth-order valence-electron chi connectivity index (χ4n) is 2.39. The summed E-state index contributed by atoms with van der Waals surface area (Å²) < 4.78 is 43.2. The van der Waals surface area contributed by atoms with Crippen molar-refractivity contribution >= 4 is 5.91 Å². The maximum Gasteiger partial charge on any atom is 0.417 e. The number of aromatic nitrogens is 3. The monoisotopic (exact) mass is 420 g/mol. The van der Waals surface area contributed by atoms with Gasteiger partial charge in [0.25, 0.3) is 5.91 Å². The maximum absolute atomic E-state index is 12.6. The highest BCUT2D eigenvalue weighted by Gasteiger charge is 2.30. The van der Waals surface area contributed by atoms with Gasteiger partial charge in [-0.25, -0.2) is 15.0 Å². The van der Waals surface area contributed by atoms with Crippen LogP contribution in [0.1, 0.15) is 27.8 Å². The van der Waals surface area contributed by atoms with Crippen molar-refractivity contribution in [2.45, 2.75) is 12.3 Å². The second-order valence-corrected chi connectivity index (χ2v) is 6.07. The van der Waals surface area contributed by atoms with Crippen LogP contribution in [0.4, 0.5) is 13.2 Å². The molecule has 0 saturated carbocycles. The molecule has 2 aromatic heterocycles. The quantitative estimate of drug-likeness (QED) is 0.558. The van der Waals surface area contributed by atoms with Gasteiger partial charge in [0.1, 0.15) is 17.5 Å². The first-order valence-electron chi connectivity index (χ1n) is 8.46. The van der Waals surface area contributed by atoms with Crippen LogP contribution in [0, 0.1) is 0 Å². The van der Waals surface area contributed by atoms with E-state index in [0.29, 0.717) is 11.8 Å². The highest BCUT2D eigenvalue weighted by Crippen LogP contribution is 2.30. The Hall–Kier alpha value is -3.57. The van der Waals surface area contributed by atoms with E-state index in [4.69, 9.17) is 15.6 Å². The fourth-order valence-corrected chi connectivity index (χ4v) is 2.39. The third kappa shape index (κ3) is 4.88. The lowest BCUT2D eigenvalue weighted by Crippen LogP contribution is -2.16. The van der Waals surface area contributed by atoms with Crippen LogP contribution in [0.15, 0.2) is 48.7 Å². The number of rotatable bonds is 6. The highest BCUT2D eigenvalue weighted by atomic mass is 19.4. The van der Waals surface area contributed by atoms with Crippen LogP contribution >= 0.6 is 0 Å². The number of aliphatic hydroxyl groups excluding tert-OH is 2. The number of pyridine rings is 1. The number of hydrogen-bond donors (Lipinski definition) is 3. The minimum Gasteiger partial charge on any atom is -0.439 e. The molecule has 1 unspecified atom stereocenters. The Morgan fingerprint density at radius 3 is 2.37 bits per heavy atom. The molecule has 1 atom stereocenters. The number of ether oxygens (including phenoxy) is 1. The van der Waals surface area contributed by atoms with E-state index < -0.39 is 30.4 Å². The number of amides is 1. The standard InChI is InChI=1S/C19H15F3N4O4/c20-19(21,22)11-3-6-16(24-8-11)30-12-4-1-10(2-5-12)18-25-13(15(28)9-27)7-14(26-18)17(23)29/h1-8,15,27-28H,9H2,(H2,23,29). The van der Waals surface area contributed by atoms with Crippen LogP contribution in [0.5, 0.6) is 11.6 Å². The van der Waals surface area contributed by atoms with Gasteiger partial charge in [0.2, 0.25) is 5.88 Å². The zero-order chi connectivity index (χ0) is 21.9. The number of hydrogen-bond acceptors (Lipinski definition) is 7. The first kappa shape index (κ1) is 21.1. The van der Waals surface area contributed by atoms with Crippen LogP contribution in [-0.4, -0.2) is 37.7 Å². The summed E-state index contributed by atoms with van der Waals surface area (Å²) in [7, 11) is 0. The molecular formula is C19H15F3N4O4. The summed E-state index contributed by atoms with van der Waals surface area (Å²) >= 11 is 0. The van der Waals surface area contributed by atoms with E-state index in [9.17, 15) is 23.1 Å². The number of alkyl halides is 3. The topological polar surface area (TPSA) is 131 Å². The van der Waals surface area contributed by atoms with Gasteiger partial charge in [-0.3, -0.25) is 4.79 Å². The minimum absolute atomic E-state index is 0.0191. The summed E-state index contributed by atoms with van der Waals surface area (Å²) in [5.74, 6) is -0.505. The largest absolute Gasteiger partial charge is 0.439 e. The fraction of sp³-hybridized carbons (Fsp3) is 0.158. The first-order chi connectivity index (χ1) is 14.2. The Balaban J connectivity index is 1.83. The maximum atomic E-state index is 12.6. The van der Waals surface area contributed by atoms with Gasteiger partial charge in [-0.05, 0) is 36.4 Å². The number of nitrogens with two attached hydrogens (primary N) is 1. The summed E-state index contributed by atoms with van der Waals surface area (Å²) in [6.45, 7) is -0.610. The average Bonchev–Trinajstić information content (AvgIpc) is 2.73. The Bertz CT molecular complexity index is 1040. The van der Waals surface area contributed by atoms with E-state index in [1.54, 1.807) is 0 Å². The van der Waals surface area contributed by atoms with Gasteiger partial charge in [0.15, 0.2) is 5.82 Å². The van der Waals surface area contributed by atoms with Crippen LogP contribution in [-0.2, 0) is 6.18 Å². The molecule has 0 fully saturated rings. The van der Waals surface area contributed by atoms with E-state index in [-0.39, 0.29) is 28.8 Å². The van der Waals surface area contributed by atoms with E-state index >= 15 is 0 Å². The van der Waals surface area contributed by atoms with Gasteiger partial charge in [-0.1, -0.05) is 0 Å². The van der Waals surface area contributed by atoms with Gasteiger partial charge in [0, 0.05) is 17.8 Å². The molecule has 0 spiro atoms. The normalized spacial score (nSPS) is 12.4. The third-order valence-electron chi connectivity index (χ3n) is 3.91. The Morgan fingerprint density at radius 1 is 1.13 bits per heavy atom. The second-order valence-electron chi connectivity index (χ2n) is 6.07. The lowest BCUT2D eigenvalue weighted by atomic mass is 10.1. The second kappa shape index (κ2) is 8.43. The summed E-state index contributed by atoms with van der Waals surface area (Å²) in [5.41, 5.74) is 4.68. The molecule has 11 heteroatoms. The number of primary amides is 1. The van der Waals surface area contributed by atoms with E-state index in [2.05, 4.69) is 15.0 Å². The number of halogens is 3. The molecule has 3 aromatic rings. The Morgan fingerprint density at radius 2 is 1.83 bits per heavy atom. The van der Waals surface area contributed by atoms with Crippen molar-refractivity contribution < 1.29 is 32.9 Å². The van der Waals surface area contributed by atoms with Gasteiger partial charge in [0.05, 0.1) is 17.9 Å². The lowest BCUT2D eigenvalue weighted by Gasteiger charge is -2.11. The predicted molar refractivity (Wildman–Crippen MR) is 97.3 cm³/mol. The Labute approximate surface area is 167 Å². The number of aliphatic hydroxyl groups is 2. The van der Waals surface area contributed by atoms with Gasteiger partial charge in [-0.2, -0.15) is 13.2 Å². The van der Waals surface area contributed by atoms with E-state index in [1.165, 1.54) is 30.3 Å². The number of carbonyl (C=O) groups excluding carboxylic acids is 1. The molecule has 3 rings (SSSR count). The molecular weight excluding hydrogens is 405 g/mol. The zero-order valence-corrected chi connectivity index (χ0v) is 15.2. The van der Waals surface area contributed by atoms with Crippen molar-refractivity contribution in [3.8, 4) is 23.0 Å². The van der Waals surface area contributed by atoms with Crippen molar-refractivity contribution in [1.82, 2.24) is 15.0 Å². The van der Waals surface area contributed by atoms with Crippen molar-refractivity contribution in [2.75, 3.05) is 6.61 Å². The molecule has 1 aromatic carbocycles.